The summed E-state index contributed by atoms with van der Waals surface area (Å²) in [6.07, 6.45) is -3.93. The Morgan fingerprint density at radius 2 is 2.00 bits per heavy atom. The van der Waals surface area contributed by atoms with Gasteiger partial charge in [-0.25, -0.2) is 0 Å². The number of rotatable bonds is 6. The molecule has 102 valence electrons. The number of hydrogen-bond acceptors (Lipinski definition) is 2. The van der Waals surface area contributed by atoms with Gasteiger partial charge in [0.2, 0.25) is 0 Å². The number of hydrogen-bond donors (Lipinski definition) is 1. The zero-order valence-electron chi connectivity index (χ0n) is 9.75. The van der Waals surface area contributed by atoms with Gasteiger partial charge in [0.05, 0.1) is 6.54 Å². The molecule has 0 atom stereocenters. The van der Waals surface area contributed by atoms with Gasteiger partial charge in [-0.05, 0) is 24.1 Å². The molecule has 6 heteroatoms. The average Bonchev–Trinajstić information content (AvgIpc) is 2.24. The first-order valence-corrected chi connectivity index (χ1v) is 5.93. The summed E-state index contributed by atoms with van der Waals surface area (Å²) in [6, 6.07) is 6.75. The van der Waals surface area contributed by atoms with Gasteiger partial charge >= 0.3 is 6.18 Å². The molecule has 1 aromatic carbocycles. The molecule has 0 aliphatic heterocycles. The largest absolute Gasteiger partial charge is 0.401 e. The van der Waals surface area contributed by atoms with Gasteiger partial charge in [0.1, 0.15) is 0 Å². The number of nitrogens with zero attached hydrogens (tertiary/aromatic N) is 1. The van der Waals surface area contributed by atoms with Crippen LogP contribution in [0, 0.1) is 0 Å². The van der Waals surface area contributed by atoms with E-state index >= 15 is 0 Å². The second-order valence-corrected chi connectivity index (χ2v) is 4.47. The minimum absolute atomic E-state index is 0.121. The molecule has 0 saturated heterocycles. The van der Waals surface area contributed by atoms with Gasteiger partial charge in [0, 0.05) is 24.7 Å². The molecule has 1 N–H and O–H groups in total. The first-order chi connectivity index (χ1) is 8.40. The second kappa shape index (κ2) is 6.97. The summed E-state index contributed by atoms with van der Waals surface area (Å²) >= 11 is 5.79. The molecular formula is C12H15ClF3NO. The maximum atomic E-state index is 12.4. The van der Waals surface area contributed by atoms with Gasteiger partial charge in [-0.15, -0.1) is 0 Å². The molecule has 0 unspecified atom stereocenters. The lowest BCUT2D eigenvalue weighted by molar-refractivity contribution is -0.147. The predicted molar refractivity (Wildman–Crippen MR) is 64.5 cm³/mol. The molecule has 0 heterocycles. The van der Waals surface area contributed by atoms with Crippen LogP contribution in [0.2, 0.25) is 5.02 Å². The Bertz CT molecular complexity index is 371. The Kier molecular flexibility index (Phi) is 5.91. The lowest BCUT2D eigenvalue weighted by atomic mass is 10.2. The quantitative estimate of drug-likeness (QED) is 0.866. The van der Waals surface area contributed by atoms with Crippen LogP contribution in [-0.4, -0.2) is 35.9 Å². The zero-order valence-corrected chi connectivity index (χ0v) is 10.5. The van der Waals surface area contributed by atoms with Crippen LogP contribution in [0.1, 0.15) is 12.0 Å². The molecule has 0 aliphatic carbocycles. The van der Waals surface area contributed by atoms with Crippen molar-refractivity contribution in [1.29, 1.82) is 0 Å². The lowest BCUT2D eigenvalue weighted by Gasteiger charge is -2.23. The van der Waals surface area contributed by atoms with E-state index in [-0.39, 0.29) is 19.7 Å². The van der Waals surface area contributed by atoms with E-state index in [1.165, 1.54) is 4.90 Å². The third kappa shape index (κ3) is 6.23. The predicted octanol–water partition coefficient (Wildman–Crippen LogP) is 3.09. The standard InChI is InChI=1S/C12H15ClF3NO/c13-11-4-1-3-10(7-11)8-17(5-2-6-18)9-12(14,15)16/h1,3-4,7,18H,2,5-6,8-9H2. The van der Waals surface area contributed by atoms with E-state index in [1.807, 2.05) is 0 Å². The minimum Gasteiger partial charge on any atom is -0.396 e. The van der Waals surface area contributed by atoms with Crippen LogP contribution >= 0.6 is 11.6 Å². The fourth-order valence-corrected chi connectivity index (χ4v) is 1.87. The summed E-state index contributed by atoms with van der Waals surface area (Å²) in [4.78, 5) is 1.25. The third-order valence-corrected chi connectivity index (χ3v) is 2.57. The Labute approximate surface area is 109 Å². The van der Waals surface area contributed by atoms with Gasteiger partial charge in [-0.3, -0.25) is 4.90 Å². The van der Waals surface area contributed by atoms with Gasteiger partial charge in [0.25, 0.3) is 0 Å². The molecule has 0 amide bonds. The van der Waals surface area contributed by atoms with Crippen molar-refractivity contribution in [2.75, 3.05) is 19.7 Å². The van der Waals surface area contributed by atoms with Crippen molar-refractivity contribution in [3.63, 3.8) is 0 Å². The highest BCUT2D eigenvalue weighted by molar-refractivity contribution is 6.30. The molecule has 1 rings (SSSR count). The van der Waals surface area contributed by atoms with Crippen molar-refractivity contribution in [2.45, 2.75) is 19.1 Å². The highest BCUT2D eigenvalue weighted by Gasteiger charge is 2.30. The Morgan fingerprint density at radius 3 is 2.56 bits per heavy atom. The number of aliphatic hydroxyl groups is 1. The summed E-state index contributed by atoms with van der Waals surface area (Å²) in [5, 5.41) is 9.20. The fraction of sp³-hybridized carbons (Fsp3) is 0.500. The Hall–Kier alpha value is -0.780. The van der Waals surface area contributed by atoms with Crippen molar-refractivity contribution < 1.29 is 18.3 Å². The summed E-state index contributed by atoms with van der Waals surface area (Å²) in [6.45, 7) is -0.744. The topological polar surface area (TPSA) is 23.5 Å². The van der Waals surface area contributed by atoms with E-state index in [0.29, 0.717) is 11.4 Å². The van der Waals surface area contributed by atoms with Crippen LogP contribution in [0.3, 0.4) is 0 Å². The zero-order chi connectivity index (χ0) is 13.6. The number of benzene rings is 1. The molecule has 18 heavy (non-hydrogen) atoms. The van der Waals surface area contributed by atoms with E-state index < -0.39 is 12.7 Å². The molecule has 0 aromatic heterocycles. The second-order valence-electron chi connectivity index (χ2n) is 4.03. The Balaban J connectivity index is 2.65. The van der Waals surface area contributed by atoms with Crippen molar-refractivity contribution in [2.24, 2.45) is 0 Å². The van der Waals surface area contributed by atoms with Crippen LogP contribution in [0.5, 0.6) is 0 Å². The van der Waals surface area contributed by atoms with Crippen molar-refractivity contribution in [3.05, 3.63) is 34.9 Å². The molecule has 0 aliphatic rings. The summed E-state index contributed by atoms with van der Waals surface area (Å²) < 4.78 is 37.2. The molecular weight excluding hydrogens is 267 g/mol. The highest BCUT2D eigenvalue weighted by Crippen LogP contribution is 2.19. The van der Waals surface area contributed by atoms with Gasteiger partial charge in [-0.1, -0.05) is 23.7 Å². The molecule has 0 fully saturated rings. The molecule has 2 nitrogen and oxygen atoms in total. The van der Waals surface area contributed by atoms with Crippen molar-refractivity contribution in [3.8, 4) is 0 Å². The van der Waals surface area contributed by atoms with E-state index in [9.17, 15) is 13.2 Å². The smallest absolute Gasteiger partial charge is 0.396 e. The third-order valence-electron chi connectivity index (χ3n) is 2.33. The normalized spacial score (nSPS) is 12.1. The van der Waals surface area contributed by atoms with Crippen LogP contribution in [-0.2, 0) is 6.54 Å². The lowest BCUT2D eigenvalue weighted by Crippen LogP contribution is -2.34. The monoisotopic (exact) mass is 281 g/mol. The number of halogens is 4. The number of aliphatic hydroxyl groups excluding tert-OH is 1. The van der Waals surface area contributed by atoms with Crippen LogP contribution in [0.15, 0.2) is 24.3 Å². The highest BCUT2D eigenvalue weighted by atomic mass is 35.5. The van der Waals surface area contributed by atoms with E-state index in [2.05, 4.69) is 0 Å². The number of alkyl halides is 3. The van der Waals surface area contributed by atoms with Crippen LogP contribution in [0.4, 0.5) is 13.2 Å². The maximum absolute atomic E-state index is 12.4. The molecule has 1 aromatic rings. The van der Waals surface area contributed by atoms with Crippen molar-refractivity contribution in [1.82, 2.24) is 4.90 Å². The first-order valence-electron chi connectivity index (χ1n) is 5.55. The van der Waals surface area contributed by atoms with E-state index in [4.69, 9.17) is 16.7 Å². The molecule has 0 spiro atoms. The van der Waals surface area contributed by atoms with Gasteiger partial charge in [-0.2, -0.15) is 13.2 Å². The Morgan fingerprint density at radius 1 is 1.28 bits per heavy atom. The first kappa shape index (κ1) is 15.3. The summed E-state index contributed by atoms with van der Waals surface area (Å²) in [5.74, 6) is 0. The molecule has 0 saturated carbocycles. The van der Waals surface area contributed by atoms with Gasteiger partial charge in [0.15, 0.2) is 0 Å². The van der Waals surface area contributed by atoms with Crippen molar-refractivity contribution >= 4 is 11.6 Å². The fourth-order valence-electron chi connectivity index (χ4n) is 1.66. The van der Waals surface area contributed by atoms with E-state index in [0.717, 1.165) is 5.56 Å². The minimum atomic E-state index is -4.24. The summed E-state index contributed by atoms with van der Waals surface area (Å²) in [5.41, 5.74) is 0.727. The van der Waals surface area contributed by atoms with Crippen LogP contribution in [0.25, 0.3) is 0 Å². The van der Waals surface area contributed by atoms with Gasteiger partial charge < -0.3 is 5.11 Å². The summed E-state index contributed by atoms with van der Waals surface area (Å²) in [7, 11) is 0. The SMILES string of the molecule is OCCCN(Cc1cccc(Cl)c1)CC(F)(F)F. The molecule has 0 radical (unpaired) electrons. The maximum Gasteiger partial charge on any atom is 0.401 e. The van der Waals surface area contributed by atoms with Crippen LogP contribution < -0.4 is 0 Å². The average molecular weight is 282 g/mol. The van der Waals surface area contributed by atoms with E-state index in [1.54, 1.807) is 24.3 Å². The molecule has 0 bridgehead atoms.